The van der Waals surface area contributed by atoms with Gasteiger partial charge in [0.2, 0.25) is 0 Å². The molecule has 0 spiro atoms. The zero-order valence-electron chi connectivity index (χ0n) is 15.8. The van der Waals surface area contributed by atoms with Gasteiger partial charge in [0, 0.05) is 42.0 Å². The number of nitrogens with one attached hydrogen (secondary N) is 3. The molecule has 0 aromatic carbocycles. The summed E-state index contributed by atoms with van der Waals surface area (Å²) >= 11 is 0. The number of nitrogens with zero attached hydrogens (tertiary/aromatic N) is 2. The fraction of sp³-hybridized carbons (Fsp3) is 0.550. The molecule has 4 aliphatic rings. The van der Waals surface area contributed by atoms with Gasteiger partial charge in [0.05, 0.1) is 0 Å². The van der Waals surface area contributed by atoms with Gasteiger partial charge in [-0.1, -0.05) is 0 Å². The van der Waals surface area contributed by atoms with Crippen LogP contribution in [-0.4, -0.2) is 33.4 Å². The van der Waals surface area contributed by atoms with Gasteiger partial charge >= 0.3 is 6.09 Å². The third-order valence-electron chi connectivity index (χ3n) is 6.21. The van der Waals surface area contributed by atoms with Crippen LogP contribution in [0.5, 0.6) is 0 Å². The number of carbonyl (C=O) groups is 1. The van der Waals surface area contributed by atoms with Crippen molar-refractivity contribution < 1.29 is 18.3 Å². The van der Waals surface area contributed by atoms with Gasteiger partial charge in [-0.15, -0.1) is 0 Å². The Labute approximate surface area is 166 Å². The van der Waals surface area contributed by atoms with E-state index in [1.807, 2.05) is 6.07 Å². The normalized spacial score (nSPS) is 30.8. The summed E-state index contributed by atoms with van der Waals surface area (Å²) in [5, 5.41) is 13.2. The molecule has 2 aliphatic heterocycles. The zero-order chi connectivity index (χ0) is 20.0. The Balaban J connectivity index is 1.42. The molecule has 29 heavy (non-hydrogen) atoms. The smallest absolute Gasteiger partial charge is 0.407 e. The summed E-state index contributed by atoms with van der Waals surface area (Å²) in [5.41, 5.74) is 1.22. The molecule has 154 valence electrons. The lowest BCUT2D eigenvalue weighted by atomic mass is 9.76. The van der Waals surface area contributed by atoms with Crippen LogP contribution >= 0.6 is 0 Å². The molecule has 6 rings (SSSR count). The highest BCUT2D eigenvalue weighted by molar-refractivity contribution is 5.68. The number of fused-ring (bicyclic) bond motifs is 3. The number of aromatic amines is 1. The highest BCUT2D eigenvalue weighted by Crippen LogP contribution is 2.42. The number of aromatic nitrogens is 3. The molecule has 9 heteroatoms. The van der Waals surface area contributed by atoms with Crippen molar-refractivity contribution in [3.05, 3.63) is 35.8 Å². The van der Waals surface area contributed by atoms with E-state index in [-0.39, 0.29) is 36.1 Å². The summed E-state index contributed by atoms with van der Waals surface area (Å²) < 4.78 is 35.1. The predicted molar refractivity (Wildman–Crippen MR) is 101 cm³/mol. The maximum atomic E-state index is 14.8. The van der Waals surface area contributed by atoms with Gasteiger partial charge in [-0.3, -0.25) is 10.1 Å². The Morgan fingerprint density at radius 3 is 2.90 bits per heavy atom. The summed E-state index contributed by atoms with van der Waals surface area (Å²) in [6.07, 6.45) is 4.02. The number of rotatable bonds is 0. The summed E-state index contributed by atoms with van der Waals surface area (Å²) in [6.45, 7) is 0. The van der Waals surface area contributed by atoms with Gasteiger partial charge in [0.25, 0.3) is 5.92 Å². The van der Waals surface area contributed by atoms with Gasteiger partial charge in [-0.25, -0.2) is 4.79 Å². The van der Waals surface area contributed by atoms with E-state index in [0.717, 1.165) is 25.0 Å². The van der Waals surface area contributed by atoms with Crippen molar-refractivity contribution in [2.75, 3.05) is 5.32 Å². The lowest BCUT2D eigenvalue weighted by molar-refractivity contribution is -0.0477. The van der Waals surface area contributed by atoms with E-state index in [1.165, 1.54) is 12.3 Å². The SMILES string of the molecule is O=C1NC2CC(C2)CC(F)(F)c2cc(ccn2)Nc2cc([nH]n2)[C@H]2CCC(C2)O1. The summed E-state index contributed by atoms with van der Waals surface area (Å²) in [7, 11) is 0. The molecular formula is C20H23F2N5O2. The lowest BCUT2D eigenvalue weighted by Gasteiger charge is -2.37. The fourth-order valence-corrected chi connectivity index (χ4v) is 4.64. The Bertz CT molecular complexity index is 912. The lowest BCUT2D eigenvalue weighted by Crippen LogP contribution is -2.46. The standard InChI is InChI=1S/C20H23F2N5O2/c21-20(22)10-11-5-14(6-11)25-19(28)29-15-2-1-12(7-15)16-9-18(27-26-16)24-13-3-4-23-17(20)8-13/h3-4,8-9,11-12,14-15H,1-2,5-7,10H2,(H,25,28)(H2,24,26,27)/t11?,12-,14?,15?/m0/s1. The highest BCUT2D eigenvalue weighted by Gasteiger charge is 2.42. The second-order valence-electron chi connectivity index (χ2n) is 8.39. The van der Waals surface area contributed by atoms with Gasteiger partial charge in [-0.2, -0.15) is 13.9 Å². The Kier molecular flexibility index (Phi) is 4.40. The first kappa shape index (κ1) is 18.3. The minimum absolute atomic E-state index is 0.101. The van der Waals surface area contributed by atoms with Crippen molar-refractivity contribution in [3.8, 4) is 0 Å². The molecule has 2 aliphatic carbocycles. The quantitative estimate of drug-likeness (QED) is 0.614. The van der Waals surface area contributed by atoms with Crippen molar-refractivity contribution >= 4 is 17.6 Å². The summed E-state index contributed by atoms with van der Waals surface area (Å²) in [6, 6.07) is 4.81. The van der Waals surface area contributed by atoms with Gasteiger partial charge in [0.15, 0.2) is 5.82 Å². The largest absolute Gasteiger partial charge is 0.446 e. The molecule has 0 radical (unpaired) electrons. The molecule has 2 aromatic rings. The van der Waals surface area contributed by atoms with Crippen LogP contribution in [0.4, 0.5) is 25.1 Å². The second kappa shape index (κ2) is 6.96. The number of H-pyrrole nitrogens is 1. The fourth-order valence-electron chi connectivity index (χ4n) is 4.64. The number of alkyl carbamates (subject to hydrolysis) is 1. The van der Waals surface area contributed by atoms with Gasteiger partial charge in [-0.05, 0) is 50.2 Å². The van der Waals surface area contributed by atoms with Crippen LogP contribution in [0, 0.1) is 5.92 Å². The van der Waals surface area contributed by atoms with E-state index < -0.39 is 12.0 Å². The Morgan fingerprint density at radius 1 is 1.17 bits per heavy atom. The van der Waals surface area contributed by atoms with Crippen molar-refractivity contribution in [3.63, 3.8) is 0 Å². The molecule has 1 unspecified atom stereocenters. The van der Waals surface area contributed by atoms with E-state index >= 15 is 0 Å². The third kappa shape index (κ3) is 3.77. The van der Waals surface area contributed by atoms with E-state index in [2.05, 4.69) is 25.8 Å². The van der Waals surface area contributed by atoms with E-state index in [0.29, 0.717) is 24.3 Å². The molecule has 0 saturated heterocycles. The van der Waals surface area contributed by atoms with Crippen molar-refractivity contribution in [2.45, 2.75) is 62.5 Å². The maximum Gasteiger partial charge on any atom is 0.407 e. The van der Waals surface area contributed by atoms with E-state index in [1.54, 1.807) is 6.07 Å². The average molecular weight is 403 g/mol. The van der Waals surface area contributed by atoms with Gasteiger partial charge < -0.3 is 15.4 Å². The topological polar surface area (TPSA) is 91.9 Å². The molecule has 7 nitrogen and oxygen atoms in total. The number of hydrogen-bond acceptors (Lipinski definition) is 5. The second-order valence-corrected chi connectivity index (χ2v) is 8.39. The number of pyridine rings is 1. The number of ether oxygens (including phenoxy) is 1. The molecule has 2 aromatic heterocycles. The van der Waals surface area contributed by atoms with Crippen LogP contribution in [0.3, 0.4) is 0 Å². The van der Waals surface area contributed by atoms with Crippen LogP contribution in [0.1, 0.15) is 55.8 Å². The first-order valence-electron chi connectivity index (χ1n) is 10.1. The molecule has 8 bridgehead atoms. The first-order valence-corrected chi connectivity index (χ1v) is 10.1. The molecular weight excluding hydrogens is 380 g/mol. The Hall–Kier alpha value is -2.71. The number of anilines is 2. The molecule has 4 heterocycles. The summed E-state index contributed by atoms with van der Waals surface area (Å²) in [5.74, 6) is -2.40. The minimum Gasteiger partial charge on any atom is -0.446 e. The van der Waals surface area contributed by atoms with Crippen LogP contribution in [0.25, 0.3) is 0 Å². The predicted octanol–water partition coefficient (Wildman–Crippen LogP) is 4.18. The third-order valence-corrected chi connectivity index (χ3v) is 6.21. The zero-order valence-corrected chi connectivity index (χ0v) is 15.8. The number of hydrogen-bond donors (Lipinski definition) is 3. The van der Waals surface area contributed by atoms with Crippen molar-refractivity contribution in [1.82, 2.24) is 20.5 Å². The maximum absolute atomic E-state index is 14.8. The van der Waals surface area contributed by atoms with Crippen molar-refractivity contribution in [1.29, 1.82) is 0 Å². The Morgan fingerprint density at radius 2 is 2.03 bits per heavy atom. The number of alkyl halides is 2. The first-order chi connectivity index (χ1) is 13.9. The van der Waals surface area contributed by atoms with E-state index in [9.17, 15) is 13.6 Å². The van der Waals surface area contributed by atoms with Crippen LogP contribution in [0.2, 0.25) is 0 Å². The minimum atomic E-state index is -3.03. The molecule has 3 N–H and O–H groups in total. The van der Waals surface area contributed by atoms with Crippen LogP contribution < -0.4 is 10.6 Å². The summed E-state index contributed by atoms with van der Waals surface area (Å²) in [4.78, 5) is 16.0. The molecule has 2 saturated carbocycles. The molecule has 2 atom stereocenters. The molecule has 1 amide bonds. The average Bonchev–Trinajstić information content (AvgIpc) is 3.29. The monoisotopic (exact) mass is 403 g/mol. The van der Waals surface area contributed by atoms with E-state index in [4.69, 9.17) is 4.74 Å². The number of halogens is 2. The van der Waals surface area contributed by atoms with Crippen molar-refractivity contribution in [2.24, 2.45) is 5.92 Å². The highest BCUT2D eigenvalue weighted by atomic mass is 19.3. The number of carbonyl (C=O) groups excluding carboxylic acids is 1. The molecule has 2 fully saturated rings. The van der Waals surface area contributed by atoms with Gasteiger partial charge in [0.1, 0.15) is 11.8 Å². The van der Waals surface area contributed by atoms with Crippen LogP contribution in [-0.2, 0) is 10.7 Å². The number of amides is 1. The van der Waals surface area contributed by atoms with Crippen LogP contribution in [0.15, 0.2) is 24.4 Å².